The van der Waals surface area contributed by atoms with Crippen LogP contribution in [0.5, 0.6) is 0 Å². The third kappa shape index (κ3) is 5.18. The van der Waals surface area contributed by atoms with Gasteiger partial charge in [-0.2, -0.15) is 26.3 Å². The first kappa shape index (κ1) is 27.5. The minimum atomic E-state index is -4.74. The molecule has 2 aromatic rings. The Labute approximate surface area is 192 Å². The van der Waals surface area contributed by atoms with Gasteiger partial charge in [0.1, 0.15) is 5.69 Å². The first-order chi connectivity index (χ1) is 15.0. The van der Waals surface area contributed by atoms with Crippen molar-refractivity contribution in [3.8, 4) is 0 Å². The van der Waals surface area contributed by atoms with E-state index in [1.807, 2.05) is 0 Å². The monoisotopic (exact) mass is 511 g/mol. The average molecular weight is 511 g/mol. The minimum Gasteiger partial charge on any atom is -0.281 e. The van der Waals surface area contributed by atoms with Crippen molar-refractivity contribution in [2.75, 3.05) is 11.4 Å². The van der Waals surface area contributed by atoms with Crippen molar-refractivity contribution < 1.29 is 39.6 Å². The number of amides is 1. The minimum absolute atomic E-state index is 0. The van der Waals surface area contributed by atoms with Crippen molar-refractivity contribution in [2.24, 2.45) is 5.92 Å². The number of anilines is 1. The number of sulfone groups is 1. The van der Waals surface area contributed by atoms with Crippen LogP contribution in [0.3, 0.4) is 0 Å². The molecule has 0 aliphatic carbocycles. The number of carbonyl (C=O) groups excluding carboxylic acids is 1. The molecule has 0 radical (unpaired) electrons. The van der Waals surface area contributed by atoms with Gasteiger partial charge in [-0.15, -0.1) is 0 Å². The summed E-state index contributed by atoms with van der Waals surface area (Å²) in [6.07, 6.45) is -8.89. The first-order valence-corrected chi connectivity index (χ1v) is 11.2. The highest BCUT2D eigenvalue weighted by molar-refractivity contribution is 7.92. The third-order valence-corrected chi connectivity index (χ3v) is 8.34. The Kier molecular flexibility index (Phi) is 7.42. The maximum Gasteiger partial charge on any atom is 0.433 e. The van der Waals surface area contributed by atoms with Crippen LogP contribution in [0.1, 0.15) is 45.4 Å². The van der Waals surface area contributed by atoms with E-state index in [0.29, 0.717) is 12.1 Å². The highest BCUT2D eigenvalue weighted by Crippen LogP contribution is 2.40. The molecule has 2 heterocycles. The number of hydrogen-bond donors (Lipinski definition) is 0. The van der Waals surface area contributed by atoms with Crippen molar-refractivity contribution in [3.63, 3.8) is 0 Å². The van der Waals surface area contributed by atoms with Gasteiger partial charge in [0.15, 0.2) is 9.84 Å². The molecule has 34 heavy (non-hydrogen) atoms. The van der Waals surface area contributed by atoms with Crippen LogP contribution >= 0.6 is 0 Å². The van der Waals surface area contributed by atoms with E-state index >= 15 is 0 Å². The summed E-state index contributed by atoms with van der Waals surface area (Å²) in [5.41, 5.74) is -2.35. The molecule has 0 bridgehead atoms. The number of carbonyl (C=O) groups is 1. The van der Waals surface area contributed by atoms with Crippen LogP contribution in [0.25, 0.3) is 0 Å². The SMILES string of the molecule is C.CC(C)([C@@H]1CCN(c2nccc(C(F)(F)F)n2)C(=O)C1)S(=O)(=O)c1cccc(C(F)(F)F)c1. The Hall–Kier alpha value is -2.70. The van der Waals surface area contributed by atoms with Gasteiger partial charge in [-0.3, -0.25) is 9.69 Å². The van der Waals surface area contributed by atoms with E-state index in [9.17, 15) is 39.6 Å². The quantitative estimate of drug-likeness (QED) is 0.531. The van der Waals surface area contributed by atoms with Crippen molar-refractivity contribution in [1.29, 1.82) is 0 Å². The van der Waals surface area contributed by atoms with E-state index < -0.39 is 60.9 Å². The Balaban J connectivity index is 0.00000408. The van der Waals surface area contributed by atoms with Gasteiger partial charge in [0.2, 0.25) is 11.9 Å². The van der Waals surface area contributed by atoms with Gasteiger partial charge in [-0.25, -0.2) is 18.4 Å². The van der Waals surface area contributed by atoms with E-state index in [0.717, 1.165) is 29.3 Å². The van der Waals surface area contributed by atoms with Crippen LogP contribution in [0.4, 0.5) is 32.3 Å². The summed E-state index contributed by atoms with van der Waals surface area (Å²) in [5, 5.41) is 0. The molecule has 1 aliphatic heterocycles. The number of nitrogens with zero attached hydrogens (tertiary/aromatic N) is 3. The fraction of sp³-hybridized carbons (Fsp3) is 0.476. The lowest BCUT2D eigenvalue weighted by Gasteiger charge is -2.39. The lowest BCUT2D eigenvalue weighted by Crippen LogP contribution is -2.49. The van der Waals surface area contributed by atoms with Gasteiger partial charge in [-0.1, -0.05) is 13.5 Å². The van der Waals surface area contributed by atoms with Crippen molar-refractivity contribution >= 4 is 21.7 Å². The molecule has 0 spiro atoms. The van der Waals surface area contributed by atoms with E-state index in [1.54, 1.807) is 0 Å². The lowest BCUT2D eigenvalue weighted by molar-refractivity contribution is -0.141. The second kappa shape index (κ2) is 9.16. The van der Waals surface area contributed by atoms with Crippen LogP contribution in [-0.4, -0.2) is 35.6 Å². The molecule has 0 N–H and O–H groups in total. The summed E-state index contributed by atoms with van der Waals surface area (Å²) >= 11 is 0. The molecule has 1 aliphatic rings. The predicted molar refractivity (Wildman–Crippen MR) is 112 cm³/mol. The number of hydrogen-bond acceptors (Lipinski definition) is 5. The van der Waals surface area contributed by atoms with Crippen molar-refractivity contribution in [3.05, 3.63) is 47.8 Å². The zero-order chi connectivity index (χ0) is 24.8. The number of piperidine rings is 1. The largest absolute Gasteiger partial charge is 0.433 e. The zero-order valence-corrected chi connectivity index (χ0v) is 18.2. The Morgan fingerprint density at radius 1 is 1.03 bits per heavy atom. The fourth-order valence-corrected chi connectivity index (χ4v) is 5.42. The van der Waals surface area contributed by atoms with E-state index in [-0.39, 0.29) is 26.8 Å². The summed E-state index contributed by atoms with van der Waals surface area (Å²) in [4.78, 5) is 20.2. The summed E-state index contributed by atoms with van der Waals surface area (Å²) in [6, 6.07) is 4.00. The molecule has 0 unspecified atom stereocenters. The summed E-state index contributed by atoms with van der Waals surface area (Å²) in [7, 11) is -4.30. The topological polar surface area (TPSA) is 80.2 Å². The van der Waals surface area contributed by atoms with Gasteiger partial charge in [0.05, 0.1) is 15.2 Å². The summed E-state index contributed by atoms with van der Waals surface area (Å²) in [5.74, 6) is -1.93. The van der Waals surface area contributed by atoms with Gasteiger partial charge in [-0.05, 0) is 50.5 Å². The summed E-state index contributed by atoms with van der Waals surface area (Å²) < 4.78 is 103. The Morgan fingerprint density at radius 3 is 2.24 bits per heavy atom. The number of aromatic nitrogens is 2. The number of alkyl halides is 6. The molecule has 13 heteroatoms. The molecule has 188 valence electrons. The number of halogens is 6. The standard InChI is InChI=1S/C20H19F6N3O3S.CH4/c1-18(2,33(31,32)14-5-3-4-13(10-14)19(21,22)23)12-7-9-29(16(30)11-12)17-27-8-6-15(28-17)20(24,25)26;/h3-6,8,10,12H,7,9,11H2,1-2H3;1H4/t12-;/m1./s1. The first-order valence-electron chi connectivity index (χ1n) is 9.67. The number of benzene rings is 1. The maximum atomic E-state index is 13.2. The highest BCUT2D eigenvalue weighted by atomic mass is 32.2. The molecule has 1 fully saturated rings. The van der Waals surface area contributed by atoms with E-state index in [2.05, 4.69) is 9.97 Å². The molecule has 1 aromatic carbocycles. The van der Waals surface area contributed by atoms with Gasteiger partial charge in [0, 0.05) is 19.2 Å². The molecule has 1 saturated heterocycles. The van der Waals surface area contributed by atoms with Crippen LogP contribution in [0, 0.1) is 5.92 Å². The second-order valence-corrected chi connectivity index (χ2v) is 10.6. The van der Waals surface area contributed by atoms with E-state index in [4.69, 9.17) is 0 Å². The van der Waals surface area contributed by atoms with Crippen LogP contribution < -0.4 is 4.90 Å². The van der Waals surface area contributed by atoms with Crippen LogP contribution in [0.15, 0.2) is 41.4 Å². The highest BCUT2D eigenvalue weighted by Gasteiger charge is 2.47. The normalized spacial score (nSPS) is 17.9. The number of rotatable bonds is 4. The zero-order valence-electron chi connectivity index (χ0n) is 17.4. The van der Waals surface area contributed by atoms with Crippen molar-refractivity contribution in [2.45, 2.75) is 56.1 Å². The molecule has 1 aromatic heterocycles. The molecule has 6 nitrogen and oxygen atoms in total. The molecular weight excluding hydrogens is 488 g/mol. The molecule has 1 amide bonds. The van der Waals surface area contributed by atoms with Crippen LogP contribution in [-0.2, 0) is 27.0 Å². The summed E-state index contributed by atoms with van der Waals surface area (Å²) in [6.45, 7) is 2.49. The molecular formula is C21H23F6N3O3S. The van der Waals surface area contributed by atoms with Gasteiger partial charge >= 0.3 is 12.4 Å². The average Bonchev–Trinajstić information content (AvgIpc) is 2.72. The van der Waals surface area contributed by atoms with Crippen LogP contribution in [0.2, 0.25) is 0 Å². The molecule has 1 atom stereocenters. The Morgan fingerprint density at radius 2 is 1.68 bits per heavy atom. The third-order valence-electron chi connectivity index (χ3n) is 5.75. The van der Waals surface area contributed by atoms with Crippen molar-refractivity contribution in [1.82, 2.24) is 9.97 Å². The lowest BCUT2D eigenvalue weighted by atomic mass is 9.85. The van der Waals surface area contributed by atoms with Gasteiger partial charge < -0.3 is 0 Å². The fourth-order valence-electron chi connectivity index (χ4n) is 3.64. The Bertz CT molecular complexity index is 1160. The van der Waals surface area contributed by atoms with Gasteiger partial charge in [0.25, 0.3) is 0 Å². The molecule has 0 saturated carbocycles. The second-order valence-electron chi connectivity index (χ2n) is 8.11. The maximum absolute atomic E-state index is 13.2. The predicted octanol–water partition coefficient (Wildman–Crippen LogP) is 5.15. The van der Waals surface area contributed by atoms with E-state index in [1.165, 1.54) is 13.8 Å². The molecule has 3 rings (SSSR count). The smallest absolute Gasteiger partial charge is 0.281 e.